The van der Waals surface area contributed by atoms with Crippen LogP contribution in [0.2, 0.25) is 0 Å². The minimum atomic E-state index is -0.0880. The van der Waals surface area contributed by atoms with Crippen molar-refractivity contribution in [2.45, 2.75) is 59.5 Å². The lowest BCUT2D eigenvalue weighted by atomic mass is 10.0. The van der Waals surface area contributed by atoms with E-state index in [4.69, 9.17) is 9.26 Å². The van der Waals surface area contributed by atoms with E-state index in [0.29, 0.717) is 42.7 Å². The van der Waals surface area contributed by atoms with E-state index in [1.165, 1.54) is 7.11 Å². The van der Waals surface area contributed by atoms with Gasteiger partial charge in [0.05, 0.1) is 5.69 Å². The maximum Gasteiger partial charge on any atom is 0.259 e. The number of anilines is 1. The van der Waals surface area contributed by atoms with Gasteiger partial charge in [0.15, 0.2) is 0 Å². The standard InChI is InChI=1S/C26H38N4O4/c1-18(2)25-24(20(5)34-27-25)26(32)29-15-14-28(19(3)4)12-9-13-30(23(31)17-33-6)22-11-8-7-10-21(22)16-29/h7-8,10-11,18-19H,9,12-17H2,1-6H3. The topological polar surface area (TPSA) is 79.1 Å². The second kappa shape index (κ2) is 11.6. The number of fused-ring (bicyclic) bond motifs is 1. The first kappa shape index (κ1) is 25.9. The maximum absolute atomic E-state index is 13.9. The molecule has 0 saturated carbocycles. The van der Waals surface area contributed by atoms with Crippen LogP contribution in [0, 0.1) is 6.92 Å². The van der Waals surface area contributed by atoms with Crippen LogP contribution in [0.1, 0.15) is 67.4 Å². The molecule has 1 aromatic heterocycles. The number of nitrogens with zero attached hydrogens (tertiary/aromatic N) is 4. The Morgan fingerprint density at radius 1 is 1.09 bits per heavy atom. The molecule has 0 saturated heterocycles. The summed E-state index contributed by atoms with van der Waals surface area (Å²) in [7, 11) is 1.53. The lowest BCUT2D eigenvalue weighted by molar-refractivity contribution is -0.122. The highest BCUT2D eigenvalue weighted by Crippen LogP contribution is 2.27. The van der Waals surface area contributed by atoms with Crippen LogP contribution in [0.5, 0.6) is 0 Å². The van der Waals surface area contributed by atoms with E-state index in [-0.39, 0.29) is 24.3 Å². The molecule has 1 aliphatic rings. The zero-order valence-electron chi connectivity index (χ0n) is 21.3. The van der Waals surface area contributed by atoms with Gasteiger partial charge in [-0.05, 0) is 44.7 Å². The Labute approximate surface area is 202 Å². The normalized spacial score (nSPS) is 16.0. The summed E-state index contributed by atoms with van der Waals surface area (Å²) in [6.07, 6.45) is 0.832. The second-order valence-corrected chi connectivity index (χ2v) is 9.47. The number of carbonyl (C=O) groups is 2. The van der Waals surface area contributed by atoms with Gasteiger partial charge in [0.2, 0.25) is 0 Å². The van der Waals surface area contributed by atoms with Crippen LogP contribution in [0.25, 0.3) is 0 Å². The van der Waals surface area contributed by atoms with Gasteiger partial charge in [-0.2, -0.15) is 0 Å². The van der Waals surface area contributed by atoms with Crippen LogP contribution in [-0.4, -0.2) is 72.7 Å². The van der Waals surface area contributed by atoms with Gasteiger partial charge in [0, 0.05) is 51.6 Å². The van der Waals surface area contributed by atoms with Crippen molar-refractivity contribution >= 4 is 17.5 Å². The van der Waals surface area contributed by atoms with E-state index >= 15 is 0 Å². The van der Waals surface area contributed by atoms with Crippen LogP contribution in [0.4, 0.5) is 5.69 Å². The molecule has 1 aromatic carbocycles. The Morgan fingerprint density at radius 2 is 1.82 bits per heavy atom. The fourth-order valence-corrected chi connectivity index (χ4v) is 4.46. The smallest absolute Gasteiger partial charge is 0.259 e. The number of ether oxygens (including phenoxy) is 1. The predicted molar refractivity (Wildman–Crippen MR) is 132 cm³/mol. The lowest BCUT2D eigenvalue weighted by Gasteiger charge is -2.30. The average Bonchev–Trinajstić information content (AvgIpc) is 3.17. The zero-order chi connectivity index (χ0) is 24.8. The summed E-state index contributed by atoms with van der Waals surface area (Å²) in [6.45, 7) is 13.3. The summed E-state index contributed by atoms with van der Waals surface area (Å²) in [5.41, 5.74) is 2.98. The molecule has 1 aliphatic heterocycles. The first-order valence-corrected chi connectivity index (χ1v) is 12.1. The van der Waals surface area contributed by atoms with Crippen molar-refractivity contribution < 1.29 is 18.8 Å². The number of amides is 2. The molecule has 2 aromatic rings. The van der Waals surface area contributed by atoms with Crippen LogP contribution in [0.15, 0.2) is 28.8 Å². The van der Waals surface area contributed by atoms with Crippen LogP contribution < -0.4 is 4.90 Å². The maximum atomic E-state index is 13.9. The lowest BCUT2D eigenvalue weighted by Crippen LogP contribution is -2.41. The average molecular weight is 471 g/mol. The quantitative estimate of drug-likeness (QED) is 0.661. The summed E-state index contributed by atoms with van der Waals surface area (Å²) < 4.78 is 10.6. The first-order chi connectivity index (χ1) is 16.2. The molecule has 0 spiro atoms. The van der Waals surface area contributed by atoms with Crippen LogP contribution in [-0.2, 0) is 16.1 Å². The third-order valence-electron chi connectivity index (χ3n) is 6.36. The van der Waals surface area contributed by atoms with Gasteiger partial charge >= 0.3 is 0 Å². The van der Waals surface area contributed by atoms with Crippen molar-refractivity contribution in [3.63, 3.8) is 0 Å². The Morgan fingerprint density at radius 3 is 2.50 bits per heavy atom. The number of para-hydroxylation sites is 1. The molecular formula is C26H38N4O4. The Balaban J connectivity index is 2.04. The third kappa shape index (κ3) is 5.85. The monoisotopic (exact) mass is 470 g/mol. The molecule has 0 N–H and O–H groups in total. The van der Waals surface area contributed by atoms with Crippen molar-refractivity contribution in [3.8, 4) is 0 Å². The summed E-state index contributed by atoms with van der Waals surface area (Å²) in [5, 5.41) is 4.17. The number of hydrogen-bond donors (Lipinski definition) is 0. The van der Waals surface area contributed by atoms with Crippen molar-refractivity contribution in [2.24, 2.45) is 0 Å². The second-order valence-electron chi connectivity index (χ2n) is 9.47. The van der Waals surface area contributed by atoms with Gasteiger partial charge in [-0.15, -0.1) is 0 Å². The highest BCUT2D eigenvalue weighted by Gasteiger charge is 2.29. The summed E-state index contributed by atoms with van der Waals surface area (Å²) in [6, 6.07) is 8.15. The highest BCUT2D eigenvalue weighted by molar-refractivity contribution is 5.97. The number of rotatable bonds is 5. The largest absolute Gasteiger partial charge is 0.375 e. The Kier molecular flexibility index (Phi) is 8.85. The third-order valence-corrected chi connectivity index (χ3v) is 6.36. The molecule has 2 heterocycles. The number of aromatic nitrogens is 1. The number of benzene rings is 1. The van der Waals surface area contributed by atoms with E-state index in [1.54, 1.807) is 11.8 Å². The SMILES string of the molecule is COCC(=O)N1CCCN(C(C)C)CCN(C(=O)c2c(C(C)C)noc2C)Cc2ccccc21. The van der Waals surface area contributed by atoms with Gasteiger partial charge in [-0.3, -0.25) is 14.5 Å². The highest BCUT2D eigenvalue weighted by atomic mass is 16.5. The number of aryl methyl sites for hydroxylation is 1. The molecule has 0 atom stereocenters. The molecule has 3 rings (SSSR count). The molecular weight excluding hydrogens is 432 g/mol. The van der Waals surface area contributed by atoms with Crippen LogP contribution >= 0.6 is 0 Å². The molecule has 0 unspecified atom stereocenters. The summed E-state index contributed by atoms with van der Waals surface area (Å²) in [4.78, 5) is 32.9. The van der Waals surface area contributed by atoms with E-state index < -0.39 is 0 Å². The number of methoxy groups -OCH3 is 1. The van der Waals surface area contributed by atoms with E-state index in [2.05, 4.69) is 23.9 Å². The molecule has 0 aliphatic carbocycles. The van der Waals surface area contributed by atoms with E-state index in [0.717, 1.165) is 30.8 Å². The molecule has 8 heteroatoms. The van der Waals surface area contributed by atoms with Gasteiger partial charge in [-0.25, -0.2) is 0 Å². The molecule has 34 heavy (non-hydrogen) atoms. The fourth-order valence-electron chi connectivity index (χ4n) is 4.46. The predicted octanol–water partition coefficient (Wildman–Crippen LogP) is 3.84. The van der Waals surface area contributed by atoms with Crippen molar-refractivity contribution in [1.29, 1.82) is 0 Å². The van der Waals surface area contributed by atoms with Gasteiger partial charge in [0.1, 0.15) is 17.9 Å². The van der Waals surface area contributed by atoms with E-state index in [1.807, 2.05) is 43.0 Å². The molecule has 0 radical (unpaired) electrons. The van der Waals surface area contributed by atoms with E-state index in [9.17, 15) is 9.59 Å². The molecule has 2 amide bonds. The Hall–Kier alpha value is -2.71. The van der Waals surface area contributed by atoms with Gasteiger partial charge in [0.25, 0.3) is 11.8 Å². The fraction of sp³-hybridized carbons (Fsp3) is 0.577. The van der Waals surface area contributed by atoms with Gasteiger partial charge in [-0.1, -0.05) is 37.2 Å². The van der Waals surface area contributed by atoms with Crippen molar-refractivity contribution in [1.82, 2.24) is 15.0 Å². The van der Waals surface area contributed by atoms with Crippen LogP contribution in [0.3, 0.4) is 0 Å². The number of hydrogen-bond acceptors (Lipinski definition) is 6. The molecule has 186 valence electrons. The first-order valence-electron chi connectivity index (χ1n) is 12.1. The zero-order valence-corrected chi connectivity index (χ0v) is 21.3. The Bertz CT molecular complexity index is 985. The molecule has 8 nitrogen and oxygen atoms in total. The minimum absolute atomic E-state index is 0.0164. The van der Waals surface area contributed by atoms with Crippen molar-refractivity contribution in [2.75, 3.05) is 44.8 Å². The molecule has 0 fully saturated rings. The minimum Gasteiger partial charge on any atom is -0.375 e. The van der Waals surface area contributed by atoms with Gasteiger partial charge < -0.3 is 19.1 Å². The summed E-state index contributed by atoms with van der Waals surface area (Å²) >= 11 is 0. The molecule has 0 bridgehead atoms. The summed E-state index contributed by atoms with van der Waals surface area (Å²) in [5.74, 6) is 0.436. The number of carbonyl (C=O) groups excluding carboxylic acids is 2. The van der Waals surface area contributed by atoms with Crippen molar-refractivity contribution in [3.05, 3.63) is 46.8 Å².